The lowest BCUT2D eigenvalue weighted by molar-refractivity contribution is -0.123. The molecule has 1 unspecified atom stereocenters. The summed E-state index contributed by atoms with van der Waals surface area (Å²) in [7, 11) is 0. The van der Waals surface area contributed by atoms with Gasteiger partial charge in [-0.25, -0.2) is 9.18 Å². The van der Waals surface area contributed by atoms with E-state index in [1.165, 1.54) is 11.0 Å². The lowest BCUT2D eigenvalue weighted by Gasteiger charge is -2.29. The molecule has 24 heavy (non-hydrogen) atoms. The fourth-order valence-electron chi connectivity index (χ4n) is 2.75. The Hall–Kier alpha value is -2.35. The largest absolute Gasteiger partial charge is 0.423 e. The van der Waals surface area contributed by atoms with Gasteiger partial charge in [0.2, 0.25) is 5.91 Å². The van der Waals surface area contributed by atoms with Crippen LogP contribution in [-0.2, 0) is 14.3 Å². The molecule has 7 nitrogen and oxygen atoms in total. The number of carbonyl (C=O) groups is 2. The van der Waals surface area contributed by atoms with Crippen molar-refractivity contribution in [2.24, 2.45) is 0 Å². The molecule has 2 amide bonds. The van der Waals surface area contributed by atoms with Crippen molar-refractivity contribution in [1.82, 2.24) is 5.32 Å². The number of hydrogen-bond acceptors (Lipinski definition) is 5. The number of benzene rings is 1. The molecule has 0 aromatic heterocycles. The van der Waals surface area contributed by atoms with E-state index in [-0.39, 0.29) is 12.5 Å². The number of hydrogen-bond donors (Lipinski definition) is 1. The van der Waals surface area contributed by atoms with E-state index in [9.17, 15) is 14.0 Å². The third-order valence-electron chi connectivity index (χ3n) is 4.05. The predicted octanol–water partition coefficient (Wildman–Crippen LogP) is 1.47. The zero-order valence-electron chi connectivity index (χ0n) is 13.5. The quantitative estimate of drug-likeness (QED) is 0.901. The molecule has 0 saturated carbocycles. The van der Waals surface area contributed by atoms with E-state index in [1.54, 1.807) is 19.1 Å². The molecule has 2 heterocycles. The van der Waals surface area contributed by atoms with Crippen LogP contribution in [0.15, 0.2) is 18.2 Å². The molecule has 0 radical (unpaired) electrons. The van der Waals surface area contributed by atoms with E-state index < -0.39 is 18.1 Å². The highest BCUT2D eigenvalue weighted by atomic mass is 19.1. The summed E-state index contributed by atoms with van der Waals surface area (Å²) in [6.07, 6.45) is -1.02. The Bertz CT molecular complexity index is 634. The highest BCUT2D eigenvalue weighted by molar-refractivity contribution is 5.90. The van der Waals surface area contributed by atoms with Gasteiger partial charge < -0.3 is 19.7 Å². The topological polar surface area (TPSA) is 71.1 Å². The standard InChI is InChI=1S/C16H20FN3O4/c1-2-14(21)18-15-10-20(16(22)24-15)11-3-4-13(12(17)9-11)19-5-7-23-8-6-19/h3-4,9,15H,2,5-8,10H2,1H3,(H,18,21). The summed E-state index contributed by atoms with van der Waals surface area (Å²) in [6.45, 7) is 4.27. The zero-order valence-corrected chi connectivity index (χ0v) is 13.5. The van der Waals surface area contributed by atoms with Crippen molar-refractivity contribution in [3.05, 3.63) is 24.0 Å². The summed E-state index contributed by atoms with van der Waals surface area (Å²) in [5.74, 6) is -0.605. The Labute approximate surface area is 139 Å². The van der Waals surface area contributed by atoms with E-state index in [2.05, 4.69) is 5.32 Å². The first kappa shape index (κ1) is 16.5. The molecular formula is C16H20FN3O4. The summed E-state index contributed by atoms with van der Waals surface area (Å²) in [6, 6.07) is 4.65. The van der Waals surface area contributed by atoms with E-state index in [1.807, 2.05) is 4.90 Å². The molecule has 0 aliphatic carbocycles. The number of anilines is 2. The predicted molar refractivity (Wildman–Crippen MR) is 85.5 cm³/mol. The molecule has 2 aliphatic rings. The Balaban J connectivity index is 1.72. The number of carbonyl (C=O) groups excluding carboxylic acids is 2. The minimum atomic E-state index is -0.716. The van der Waals surface area contributed by atoms with Crippen molar-refractivity contribution in [2.45, 2.75) is 19.6 Å². The average Bonchev–Trinajstić information content (AvgIpc) is 2.95. The van der Waals surface area contributed by atoms with Crippen molar-refractivity contribution in [2.75, 3.05) is 42.6 Å². The fraction of sp³-hybridized carbons (Fsp3) is 0.500. The second-order valence-corrected chi connectivity index (χ2v) is 5.64. The van der Waals surface area contributed by atoms with Crippen molar-refractivity contribution >= 4 is 23.4 Å². The van der Waals surface area contributed by atoms with Gasteiger partial charge in [-0.1, -0.05) is 6.92 Å². The van der Waals surface area contributed by atoms with Gasteiger partial charge in [-0.05, 0) is 18.2 Å². The highest BCUT2D eigenvalue weighted by Gasteiger charge is 2.33. The average molecular weight is 337 g/mol. The van der Waals surface area contributed by atoms with Crippen LogP contribution >= 0.6 is 0 Å². The lowest BCUT2D eigenvalue weighted by atomic mass is 10.2. The van der Waals surface area contributed by atoms with Crippen molar-refractivity contribution < 1.29 is 23.5 Å². The van der Waals surface area contributed by atoms with Gasteiger partial charge >= 0.3 is 6.09 Å². The molecule has 130 valence electrons. The van der Waals surface area contributed by atoms with Gasteiger partial charge in [0.15, 0.2) is 6.23 Å². The number of ether oxygens (including phenoxy) is 2. The van der Waals surface area contributed by atoms with E-state index in [4.69, 9.17) is 9.47 Å². The summed E-state index contributed by atoms with van der Waals surface area (Å²) in [5.41, 5.74) is 0.896. The maximum atomic E-state index is 14.4. The number of rotatable bonds is 4. The molecule has 0 spiro atoms. The molecule has 2 saturated heterocycles. The number of nitrogens with zero attached hydrogens (tertiary/aromatic N) is 2. The Morgan fingerprint density at radius 3 is 2.79 bits per heavy atom. The van der Waals surface area contributed by atoms with E-state index in [0.717, 1.165) is 0 Å². The monoisotopic (exact) mass is 337 g/mol. The molecular weight excluding hydrogens is 317 g/mol. The van der Waals surface area contributed by atoms with Crippen LogP contribution in [0.5, 0.6) is 0 Å². The Kier molecular flexibility index (Phi) is 4.84. The molecule has 1 atom stereocenters. The van der Waals surface area contributed by atoms with Gasteiger partial charge in [0.1, 0.15) is 5.82 Å². The smallest absolute Gasteiger partial charge is 0.416 e. The van der Waals surface area contributed by atoms with Crippen LogP contribution in [0.1, 0.15) is 13.3 Å². The van der Waals surface area contributed by atoms with Crippen molar-refractivity contribution in [1.29, 1.82) is 0 Å². The molecule has 2 fully saturated rings. The Morgan fingerprint density at radius 1 is 1.38 bits per heavy atom. The second-order valence-electron chi connectivity index (χ2n) is 5.64. The number of morpholine rings is 1. The molecule has 2 aliphatic heterocycles. The Morgan fingerprint density at radius 2 is 2.12 bits per heavy atom. The van der Waals surface area contributed by atoms with Gasteiger partial charge in [-0.3, -0.25) is 9.69 Å². The van der Waals surface area contributed by atoms with Crippen molar-refractivity contribution in [3.8, 4) is 0 Å². The normalized spacial score (nSPS) is 20.9. The molecule has 0 bridgehead atoms. The van der Waals surface area contributed by atoms with Gasteiger partial charge in [-0.15, -0.1) is 0 Å². The number of halogens is 1. The first-order valence-corrected chi connectivity index (χ1v) is 7.98. The van der Waals surface area contributed by atoms with E-state index >= 15 is 0 Å². The van der Waals surface area contributed by atoms with Crippen LogP contribution in [0.3, 0.4) is 0 Å². The van der Waals surface area contributed by atoms with Crippen LogP contribution in [0.2, 0.25) is 0 Å². The van der Waals surface area contributed by atoms with Gasteiger partial charge in [0.25, 0.3) is 0 Å². The zero-order chi connectivity index (χ0) is 17.1. The van der Waals surface area contributed by atoms with Crippen LogP contribution in [0.25, 0.3) is 0 Å². The fourth-order valence-corrected chi connectivity index (χ4v) is 2.75. The lowest BCUT2D eigenvalue weighted by Crippen LogP contribution is -2.37. The summed E-state index contributed by atoms with van der Waals surface area (Å²) < 4.78 is 24.8. The third kappa shape index (κ3) is 3.43. The maximum Gasteiger partial charge on any atom is 0.416 e. The minimum absolute atomic E-state index is 0.154. The van der Waals surface area contributed by atoms with Gasteiger partial charge in [0.05, 0.1) is 31.1 Å². The van der Waals surface area contributed by atoms with Gasteiger partial charge in [-0.2, -0.15) is 0 Å². The van der Waals surface area contributed by atoms with Crippen LogP contribution < -0.4 is 15.1 Å². The molecule has 1 N–H and O–H groups in total. The number of nitrogens with one attached hydrogen (secondary N) is 1. The minimum Gasteiger partial charge on any atom is -0.423 e. The molecule has 3 rings (SSSR count). The van der Waals surface area contributed by atoms with E-state index in [0.29, 0.717) is 44.1 Å². The van der Waals surface area contributed by atoms with Crippen LogP contribution in [-0.4, -0.2) is 51.1 Å². The SMILES string of the molecule is CCC(=O)NC1CN(c2ccc(N3CCOCC3)c(F)c2)C(=O)O1. The third-order valence-corrected chi connectivity index (χ3v) is 4.05. The first-order valence-electron chi connectivity index (χ1n) is 7.98. The maximum absolute atomic E-state index is 14.4. The molecule has 8 heteroatoms. The van der Waals surface area contributed by atoms with Gasteiger partial charge in [0, 0.05) is 19.5 Å². The highest BCUT2D eigenvalue weighted by Crippen LogP contribution is 2.28. The molecule has 1 aromatic carbocycles. The summed E-state index contributed by atoms with van der Waals surface area (Å²) in [5, 5.41) is 2.60. The number of cyclic esters (lactones) is 1. The number of amides is 2. The summed E-state index contributed by atoms with van der Waals surface area (Å²) >= 11 is 0. The van der Waals surface area contributed by atoms with Crippen LogP contribution in [0.4, 0.5) is 20.6 Å². The van der Waals surface area contributed by atoms with Crippen molar-refractivity contribution in [3.63, 3.8) is 0 Å². The second kappa shape index (κ2) is 7.04. The van der Waals surface area contributed by atoms with Crippen LogP contribution in [0, 0.1) is 5.82 Å². The summed E-state index contributed by atoms with van der Waals surface area (Å²) in [4.78, 5) is 26.6. The first-order chi connectivity index (χ1) is 11.6. The molecule has 1 aromatic rings.